The van der Waals surface area contributed by atoms with Crippen molar-refractivity contribution in [2.45, 2.75) is 19.4 Å². The van der Waals surface area contributed by atoms with Crippen LogP contribution < -0.4 is 15.1 Å². The molecule has 2 aliphatic rings. The van der Waals surface area contributed by atoms with Gasteiger partial charge >= 0.3 is 6.09 Å². The van der Waals surface area contributed by atoms with Crippen molar-refractivity contribution in [1.82, 2.24) is 10.2 Å². The van der Waals surface area contributed by atoms with E-state index in [0.29, 0.717) is 42.5 Å². The van der Waals surface area contributed by atoms with E-state index in [-0.39, 0.29) is 11.9 Å². The Morgan fingerprint density at radius 3 is 2.69 bits per heavy atom. The number of piperazine rings is 1. The number of thiocarbonyl (C=S) groups is 2. The minimum atomic E-state index is -0.473. The van der Waals surface area contributed by atoms with E-state index >= 15 is 0 Å². The lowest BCUT2D eigenvalue weighted by Gasteiger charge is -2.37. The number of nitrogens with zero attached hydrogens (tertiary/aromatic N) is 3. The molecule has 3 heterocycles. The van der Waals surface area contributed by atoms with E-state index in [2.05, 4.69) is 21.7 Å². The summed E-state index contributed by atoms with van der Waals surface area (Å²) >= 11 is 12.3. The first-order chi connectivity index (χ1) is 15.4. The van der Waals surface area contributed by atoms with Crippen molar-refractivity contribution < 1.29 is 13.9 Å². The van der Waals surface area contributed by atoms with Crippen molar-refractivity contribution in [3.05, 3.63) is 46.4 Å². The highest BCUT2D eigenvalue weighted by Crippen LogP contribution is 2.28. The van der Waals surface area contributed by atoms with Gasteiger partial charge in [0, 0.05) is 37.5 Å². The Bertz CT molecular complexity index is 993. The summed E-state index contributed by atoms with van der Waals surface area (Å²) in [5.41, 5.74) is 1.04. The first kappa shape index (κ1) is 22.9. The van der Waals surface area contributed by atoms with Crippen LogP contribution >= 0.6 is 35.8 Å². The van der Waals surface area contributed by atoms with E-state index in [1.165, 1.54) is 15.8 Å². The number of carbonyl (C=O) groups is 1. The number of rotatable bonds is 6. The molecule has 2 saturated heterocycles. The quantitative estimate of drug-likeness (QED) is 0.615. The molecule has 0 bridgehead atoms. The van der Waals surface area contributed by atoms with Crippen LogP contribution in [-0.4, -0.2) is 66.3 Å². The second-order valence-corrected chi connectivity index (χ2v) is 9.93. The molecule has 1 unspecified atom stereocenters. The zero-order valence-corrected chi connectivity index (χ0v) is 20.2. The summed E-state index contributed by atoms with van der Waals surface area (Å²) in [5, 5.41) is 5.06. The van der Waals surface area contributed by atoms with Crippen LogP contribution in [0.4, 0.5) is 20.6 Å². The zero-order chi connectivity index (χ0) is 22.7. The van der Waals surface area contributed by atoms with Crippen molar-refractivity contribution in [2.24, 2.45) is 0 Å². The average Bonchev–Trinajstić information content (AvgIpc) is 3.41. The molecule has 32 heavy (non-hydrogen) atoms. The van der Waals surface area contributed by atoms with E-state index < -0.39 is 6.09 Å². The molecule has 1 N–H and O–H groups in total. The highest BCUT2D eigenvalue weighted by molar-refractivity contribution is 7.80. The molecule has 2 aliphatic heterocycles. The minimum absolute atomic E-state index is 0.325. The fourth-order valence-electron chi connectivity index (χ4n) is 3.89. The predicted octanol–water partition coefficient (Wildman–Crippen LogP) is 3.84. The molecule has 1 amide bonds. The van der Waals surface area contributed by atoms with Crippen molar-refractivity contribution in [3.8, 4) is 0 Å². The van der Waals surface area contributed by atoms with Crippen LogP contribution in [0.25, 0.3) is 0 Å². The highest BCUT2D eigenvalue weighted by atomic mass is 32.1. The number of thiophene rings is 1. The molecule has 4 rings (SSSR count). The normalized spacial score (nSPS) is 18.6. The van der Waals surface area contributed by atoms with Crippen LogP contribution in [0, 0.1) is 5.82 Å². The molecular formula is C22H25FN4O2S3. The summed E-state index contributed by atoms with van der Waals surface area (Å²) in [5.74, 6) is -0.346. The van der Waals surface area contributed by atoms with Gasteiger partial charge in [0.15, 0.2) is 0 Å². The van der Waals surface area contributed by atoms with E-state index in [0.717, 1.165) is 24.5 Å². The number of benzene rings is 1. The number of nitrogens with one attached hydrogen (secondary N) is 1. The van der Waals surface area contributed by atoms with E-state index in [1.54, 1.807) is 30.4 Å². The van der Waals surface area contributed by atoms with Gasteiger partial charge in [0.1, 0.15) is 11.9 Å². The molecular weight excluding hydrogens is 467 g/mol. The third-order valence-electron chi connectivity index (χ3n) is 5.57. The van der Waals surface area contributed by atoms with E-state index in [4.69, 9.17) is 29.2 Å². The number of halogens is 1. The fraction of sp³-hybridized carbons (Fsp3) is 0.409. The Morgan fingerprint density at radius 2 is 2.03 bits per heavy atom. The summed E-state index contributed by atoms with van der Waals surface area (Å²) in [7, 11) is 0. The average molecular weight is 493 g/mol. The molecule has 0 aliphatic carbocycles. The van der Waals surface area contributed by atoms with Gasteiger partial charge in [0.25, 0.3) is 0 Å². The molecule has 2 aromatic rings. The Kier molecular flexibility index (Phi) is 7.22. The first-order valence-electron chi connectivity index (χ1n) is 10.5. The Morgan fingerprint density at radius 1 is 1.25 bits per heavy atom. The molecule has 2 fully saturated rings. The molecule has 6 nitrogen and oxygen atoms in total. The molecule has 10 heteroatoms. The molecule has 1 aromatic heterocycles. The first-order valence-corrected chi connectivity index (χ1v) is 12.2. The Balaban J connectivity index is 1.34. The third-order valence-corrected chi connectivity index (χ3v) is 7.00. The second kappa shape index (κ2) is 10.1. The van der Waals surface area contributed by atoms with Gasteiger partial charge in [0.2, 0.25) is 0 Å². The van der Waals surface area contributed by atoms with Crippen LogP contribution in [-0.2, 0) is 11.2 Å². The van der Waals surface area contributed by atoms with E-state index in [1.807, 2.05) is 11.0 Å². The van der Waals surface area contributed by atoms with Gasteiger partial charge in [0.05, 0.1) is 34.4 Å². The molecule has 0 radical (unpaired) electrons. The molecule has 1 atom stereocenters. The number of amides is 1. The van der Waals surface area contributed by atoms with Gasteiger partial charge in [-0.3, -0.25) is 4.90 Å². The SMILES string of the molecule is CC(=S)NCC1CN(c2ccc(N3CCN(C(=S)Cc4cccs4)CC3)c(F)c2)C(=O)O1. The minimum Gasteiger partial charge on any atom is -0.442 e. The number of anilines is 2. The van der Waals surface area contributed by atoms with Gasteiger partial charge < -0.3 is 19.9 Å². The van der Waals surface area contributed by atoms with Crippen molar-refractivity contribution in [1.29, 1.82) is 0 Å². The zero-order valence-electron chi connectivity index (χ0n) is 17.8. The predicted molar refractivity (Wildman–Crippen MR) is 135 cm³/mol. The molecule has 0 saturated carbocycles. The number of carbonyl (C=O) groups excluding carboxylic acids is 1. The smallest absolute Gasteiger partial charge is 0.414 e. The summed E-state index contributed by atoms with van der Waals surface area (Å²) in [6.07, 6.45) is -0.0178. The van der Waals surface area contributed by atoms with Crippen LogP contribution in [0.1, 0.15) is 11.8 Å². The maximum Gasteiger partial charge on any atom is 0.414 e. The Hall–Kier alpha value is -2.30. The summed E-state index contributed by atoms with van der Waals surface area (Å²) in [4.78, 5) is 20.8. The summed E-state index contributed by atoms with van der Waals surface area (Å²) in [6.45, 7) is 5.48. The lowest BCUT2D eigenvalue weighted by molar-refractivity contribution is 0.143. The van der Waals surface area contributed by atoms with Gasteiger partial charge in [-0.25, -0.2) is 9.18 Å². The van der Waals surface area contributed by atoms with Crippen LogP contribution in [0.5, 0.6) is 0 Å². The van der Waals surface area contributed by atoms with Crippen molar-refractivity contribution in [3.63, 3.8) is 0 Å². The lowest BCUT2D eigenvalue weighted by atomic mass is 10.2. The fourth-order valence-corrected chi connectivity index (χ4v) is 5.11. The maximum atomic E-state index is 15.0. The largest absolute Gasteiger partial charge is 0.442 e. The molecule has 1 aromatic carbocycles. The van der Waals surface area contributed by atoms with Crippen LogP contribution in [0.15, 0.2) is 35.7 Å². The van der Waals surface area contributed by atoms with E-state index in [9.17, 15) is 9.18 Å². The number of hydrogen-bond donors (Lipinski definition) is 1. The van der Waals surface area contributed by atoms with Gasteiger partial charge in [-0.15, -0.1) is 11.3 Å². The highest BCUT2D eigenvalue weighted by Gasteiger charge is 2.33. The number of hydrogen-bond acceptors (Lipinski definition) is 6. The standard InChI is InChI=1S/C22H25FN4O2S3/c1-15(30)24-13-17-14-27(22(28)29-17)16-4-5-20(19(23)11-16)25-6-8-26(9-7-25)21(31)12-18-3-2-10-32-18/h2-5,10-11,17H,6-9,12-14H2,1H3,(H,24,30). The van der Waals surface area contributed by atoms with Gasteiger partial charge in [-0.05, 0) is 36.6 Å². The van der Waals surface area contributed by atoms with Crippen LogP contribution in [0.2, 0.25) is 0 Å². The third kappa shape index (κ3) is 5.36. The second-order valence-electron chi connectivity index (χ2n) is 7.81. The summed E-state index contributed by atoms with van der Waals surface area (Å²) in [6, 6.07) is 9.05. The van der Waals surface area contributed by atoms with Crippen molar-refractivity contribution >= 4 is 63.2 Å². The van der Waals surface area contributed by atoms with Crippen LogP contribution in [0.3, 0.4) is 0 Å². The van der Waals surface area contributed by atoms with Gasteiger partial charge in [-0.2, -0.15) is 0 Å². The monoisotopic (exact) mass is 492 g/mol. The van der Waals surface area contributed by atoms with Crippen molar-refractivity contribution in [2.75, 3.05) is 49.1 Å². The summed E-state index contributed by atoms with van der Waals surface area (Å²) < 4.78 is 20.3. The number of cyclic esters (lactones) is 1. The topological polar surface area (TPSA) is 48.0 Å². The van der Waals surface area contributed by atoms with Gasteiger partial charge in [-0.1, -0.05) is 30.5 Å². The Labute approximate surface area is 201 Å². The maximum absolute atomic E-state index is 15.0. The molecule has 0 spiro atoms. The lowest BCUT2D eigenvalue weighted by Crippen LogP contribution is -2.49. The number of ether oxygens (including phenoxy) is 1. The molecule has 170 valence electrons.